The number of benzene rings is 1. The Morgan fingerprint density at radius 3 is 2.75 bits per heavy atom. The smallest absolute Gasteiger partial charge is 0.0900 e. The van der Waals surface area contributed by atoms with Crippen molar-refractivity contribution < 1.29 is 0 Å². The first-order chi connectivity index (χ1) is 9.74. The molecule has 0 fully saturated rings. The predicted octanol–water partition coefficient (Wildman–Crippen LogP) is 3.56. The SMILES string of the molecule is Cc1nc(C)c(CNc2ccccc2-n2cccn2)s1. The van der Waals surface area contributed by atoms with E-state index in [2.05, 4.69) is 34.5 Å². The van der Waals surface area contributed by atoms with E-state index in [1.54, 1.807) is 17.5 Å². The lowest BCUT2D eigenvalue weighted by atomic mass is 10.2. The molecule has 0 aliphatic heterocycles. The van der Waals surface area contributed by atoms with Crippen LogP contribution in [0.5, 0.6) is 0 Å². The van der Waals surface area contributed by atoms with Crippen LogP contribution in [0, 0.1) is 13.8 Å². The summed E-state index contributed by atoms with van der Waals surface area (Å²) >= 11 is 1.74. The lowest BCUT2D eigenvalue weighted by Gasteiger charge is -2.11. The fourth-order valence-corrected chi connectivity index (χ4v) is 3.02. The van der Waals surface area contributed by atoms with Crippen LogP contribution in [-0.4, -0.2) is 14.8 Å². The van der Waals surface area contributed by atoms with E-state index in [1.807, 2.05) is 36.0 Å². The van der Waals surface area contributed by atoms with Crippen LogP contribution in [0.25, 0.3) is 5.69 Å². The van der Waals surface area contributed by atoms with E-state index in [-0.39, 0.29) is 0 Å². The molecule has 0 radical (unpaired) electrons. The van der Waals surface area contributed by atoms with Gasteiger partial charge in [-0.2, -0.15) is 5.10 Å². The quantitative estimate of drug-likeness (QED) is 0.796. The van der Waals surface area contributed by atoms with Gasteiger partial charge in [-0.1, -0.05) is 12.1 Å². The molecule has 0 unspecified atom stereocenters. The Hall–Kier alpha value is -2.14. The summed E-state index contributed by atoms with van der Waals surface area (Å²) in [6.45, 7) is 4.88. The molecule has 102 valence electrons. The van der Waals surface area contributed by atoms with Gasteiger partial charge in [0.15, 0.2) is 0 Å². The lowest BCUT2D eigenvalue weighted by Crippen LogP contribution is -2.04. The number of aryl methyl sites for hydroxylation is 2. The Morgan fingerprint density at radius 1 is 1.20 bits per heavy atom. The van der Waals surface area contributed by atoms with Gasteiger partial charge < -0.3 is 5.32 Å². The molecule has 0 aliphatic rings. The van der Waals surface area contributed by atoms with Gasteiger partial charge in [-0.15, -0.1) is 11.3 Å². The summed E-state index contributed by atoms with van der Waals surface area (Å²) in [6.07, 6.45) is 3.73. The zero-order valence-corrected chi connectivity index (χ0v) is 12.3. The van der Waals surface area contributed by atoms with E-state index < -0.39 is 0 Å². The molecule has 0 bridgehead atoms. The summed E-state index contributed by atoms with van der Waals surface area (Å²) in [5, 5.41) is 8.88. The molecule has 2 aromatic heterocycles. The molecule has 3 aromatic rings. The second-order valence-corrected chi connectivity index (χ2v) is 5.85. The molecule has 2 heterocycles. The Kier molecular flexibility index (Phi) is 3.52. The first-order valence-corrected chi connectivity index (χ1v) is 7.31. The third-order valence-electron chi connectivity index (χ3n) is 3.09. The van der Waals surface area contributed by atoms with Crippen molar-refractivity contribution >= 4 is 17.0 Å². The summed E-state index contributed by atoms with van der Waals surface area (Å²) in [5.74, 6) is 0. The van der Waals surface area contributed by atoms with E-state index in [0.717, 1.165) is 28.6 Å². The normalized spacial score (nSPS) is 10.7. The monoisotopic (exact) mass is 284 g/mol. The number of hydrogen-bond donors (Lipinski definition) is 1. The first-order valence-electron chi connectivity index (χ1n) is 6.50. The van der Waals surface area contributed by atoms with E-state index >= 15 is 0 Å². The first kappa shape index (κ1) is 12.9. The van der Waals surface area contributed by atoms with Crippen molar-refractivity contribution in [1.82, 2.24) is 14.8 Å². The van der Waals surface area contributed by atoms with Gasteiger partial charge in [-0.25, -0.2) is 9.67 Å². The van der Waals surface area contributed by atoms with Crippen LogP contribution in [0.2, 0.25) is 0 Å². The largest absolute Gasteiger partial charge is 0.378 e. The number of nitrogens with zero attached hydrogens (tertiary/aromatic N) is 3. The molecule has 0 atom stereocenters. The van der Waals surface area contributed by atoms with Crippen LogP contribution in [-0.2, 0) is 6.54 Å². The fourth-order valence-electron chi connectivity index (χ4n) is 2.15. The zero-order chi connectivity index (χ0) is 13.9. The molecule has 1 N–H and O–H groups in total. The topological polar surface area (TPSA) is 42.7 Å². The van der Waals surface area contributed by atoms with Gasteiger partial charge in [0.2, 0.25) is 0 Å². The van der Waals surface area contributed by atoms with Crippen LogP contribution in [0.3, 0.4) is 0 Å². The summed E-state index contributed by atoms with van der Waals surface area (Å²) in [4.78, 5) is 5.73. The highest BCUT2D eigenvalue weighted by atomic mass is 32.1. The molecule has 20 heavy (non-hydrogen) atoms. The molecule has 1 aromatic carbocycles. The minimum absolute atomic E-state index is 0.787. The molecule has 0 saturated heterocycles. The van der Waals surface area contributed by atoms with Crippen molar-refractivity contribution in [3.63, 3.8) is 0 Å². The Morgan fingerprint density at radius 2 is 2.05 bits per heavy atom. The maximum absolute atomic E-state index is 4.46. The van der Waals surface area contributed by atoms with Gasteiger partial charge in [-0.3, -0.25) is 0 Å². The van der Waals surface area contributed by atoms with E-state index in [4.69, 9.17) is 0 Å². The molecular formula is C15H16N4S. The fraction of sp³-hybridized carbons (Fsp3) is 0.200. The lowest BCUT2D eigenvalue weighted by molar-refractivity contribution is 0.879. The number of nitrogens with one attached hydrogen (secondary N) is 1. The van der Waals surface area contributed by atoms with Crippen molar-refractivity contribution in [2.45, 2.75) is 20.4 Å². The van der Waals surface area contributed by atoms with Gasteiger partial charge >= 0.3 is 0 Å². The number of thiazole rings is 1. The average Bonchev–Trinajstić information content (AvgIpc) is 3.07. The number of anilines is 1. The van der Waals surface area contributed by atoms with Gasteiger partial charge in [0.05, 0.1) is 28.6 Å². The number of hydrogen-bond acceptors (Lipinski definition) is 4. The standard InChI is InChI=1S/C15H16N4S/c1-11-15(20-12(2)18-11)10-16-13-6-3-4-7-14(13)19-9-5-8-17-19/h3-9,16H,10H2,1-2H3. The van der Waals surface area contributed by atoms with Gasteiger partial charge in [-0.05, 0) is 32.0 Å². The highest BCUT2D eigenvalue weighted by Crippen LogP contribution is 2.22. The van der Waals surface area contributed by atoms with Crippen molar-refractivity contribution in [3.05, 3.63) is 58.3 Å². The summed E-state index contributed by atoms with van der Waals surface area (Å²) in [6, 6.07) is 10.1. The summed E-state index contributed by atoms with van der Waals surface area (Å²) in [7, 11) is 0. The molecule has 0 aliphatic carbocycles. The van der Waals surface area contributed by atoms with Crippen LogP contribution < -0.4 is 5.32 Å². The van der Waals surface area contributed by atoms with Crippen molar-refractivity contribution in [3.8, 4) is 5.69 Å². The van der Waals surface area contributed by atoms with Crippen molar-refractivity contribution in [1.29, 1.82) is 0 Å². The molecule has 0 saturated carbocycles. The molecule has 4 nitrogen and oxygen atoms in total. The molecular weight excluding hydrogens is 268 g/mol. The van der Waals surface area contributed by atoms with E-state index in [9.17, 15) is 0 Å². The minimum Gasteiger partial charge on any atom is -0.378 e. The van der Waals surface area contributed by atoms with E-state index in [0.29, 0.717) is 0 Å². The van der Waals surface area contributed by atoms with Crippen molar-refractivity contribution in [2.75, 3.05) is 5.32 Å². The van der Waals surface area contributed by atoms with Gasteiger partial charge in [0, 0.05) is 17.3 Å². The second kappa shape index (κ2) is 5.46. The third kappa shape index (κ3) is 2.58. The zero-order valence-electron chi connectivity index (χ0n) is 11.5. The summed E-state index contributed by atoms with van der Waals surface area (Å²) in [5.41, 5.74) is 3.23. The number of para-hydroxylation sites is 2. The predicted molar refractivity (Wildman–Crippen MR) is 82.5 cm³/mol. The maximum Gasteiger partial charge on any atom is 0.0900 e. The van der Waals surface area contributed by atoms with E-state index in [1.165, 1.54) is 4.88 Å². The Labute approximate surface area is 122 Å². The number of rotatable bonds is 4. The Balaban J connectivity index is 1.83. The molecule has 0 amide bonds. The van der Waals surface area contributed by atoms with Crippen LogP contribution in [0.15, 0.2) is 42.7 Å². The maximum atomic E-state index is 4.46. The van der Waals surface area contributed by atoms with Crippen LogP contribution >= 0.6 is 11.3 Å². The van der Waals surface area contributed by atoms with Crippen LogP contribution in [0.1, 0.15) is 15.6 Å². The van der Waals surface area contributed by atoms with Crippen LogP contribution in [0.4, 0.5) is 5.69 Å². The Bertz CT molecular complexity index is 700. The third-order valence-corrected chi connectivity index (χ3v) is 4.17. The summed E-state index contributed by atoms with van der Waals surface area (Å²) < 4.78 is 1.87. The average molecular weight is 284 g/mol. The highest BCUT2D eigenvalue weighted by Gasteiger charge is 2.07. The minimum atomic E-state index is 0.787. The highest BCUT2D eigenvalue weighted by molar-refractivity contribution is 7.11. The van der Waals surface area contributed by atoms with Gasteiger partial charge in [0.25, 0.3) is 0 Å². The van der Waals surface area contributed by atoms with Crippen molar-refractivity contribution in [2.24, 2.45) is 0 Å². The molecule has 0 spiro atoms. The molecule has 3 rings (SSSR count). The number of aromatic nitrogens is 3. The second-order valence-electron chi connectivity index (χ2n) is 4.56. The molecule has 5 heteroatoms. The van der Waals surface area contributed by atoms with Gasteiger partial charge in [0.1, 0.15) is 0 Å².